The van der Waals surface area contributed by atoms with Crippen LogP contribution in [0, 0.1) is 10.8 Å². The maximum atomic E-state index is 13.0. The molecule has 6 nitrogen and oxygen atoms in total. The van der Waals surface area contributed by atoms with Crippen LogP contribution in [0.2, 0.25) is 5.02 Å². The van der Waals surface area contributed by atoms with Gasteiger partial charge >= 0.3 is 0 Å². The van der Waals surface area contributed by atoms with Gasteiger partial charge in [-0.25, -0.2) is 0 Å². The second-order valence-corrected chi connectivity index (χ2v) is 13.2. The van der Waals surface area contributed by atoms with E-state index in [0.717, 1.165) is 0 Å². The summed E-state index contributed by atoms with van der Waals surface area (Å²) in [7, 11) is -8.43. The molecule has 2 aromatic rings. The molecule has 0 N–H and O–H groups in total. The fraction of sp³-hybridized carbons (Fsp3) is 0.455. The summed E-state index contributed by atoms with van der Waals surface area (Å²) < 4.78 is 62.4. The lowest BCUT2D eigenvalue weighted by molar-refractivity contribution is 0.203. The van der Waals surface area contributed by atoms with E-state index in [0.29, 0.717) is 0 Å². The van der Waals surface area contributed by atoms with Gasteiger partial charge in [0.15, 0.2) is 0 Å². The Morgan fingerprint density at radius 2 is 1.19 bits per heavy atom. The third kappa shape index (κ3) is 7.02. The SMILES string of the molecule is CC(C)(C)COS(=O)(=O)c1ccccc1-c1cccc(Cl)c1S(=O)(=O)OCC(C)(C)C. The molecule has 172 valence electrons. The summed E-state index contributed by atoms with van der Waals surface area (Å²) in [4.78, 5) is -0.423. The maximum Gasteiger partial charge on any atom is 0.299 e. The van der Waals surface area contributed by atoms with Crippen molar-refractivity contribution in [2.45, 2.75) is 51.3 Å². The molecule has 0 aliphatic rings. The molecule has 0 fully saturated rings. The predicted molar refractivity (Wildman–Crippen MR) is 122 cm³/mol. The van der Waals surface area contributed by atoms with Crippen LogP contribution in [-0.2, 0) is 28.6 Å². The van der Waals surface area contributed by atoms with Gasteiger partial charge in [-0.05, 0) is 23.0 Å². The van der Waals surface area contributed by atoms with E-state index in [1.54, 1.807) is 18.2 Å². The fourth-order valence-corrected chi connectivity index (χ4v) is 5.68. The molecule has 0 saturated heterocycles. The summed E-state index contributed by atoms with van der Waals surface area (Å²) in [6.45, 7) is 11.0. The number of hydrogen-bond donors (Lipinski definition) is 0. The Labute approximate surface area is 190 Å². The van der Waals surface area contributed by atoms with Crippen molar-refractivity contribution in [2.24, 2.45) is 10.8 Å². The van der Waals surface area contributed by atoms with Crippen LogP contribution in [0.4, 0.5) is 0 Å². The molecule has 0 aromatic heterocycles. The minimum Gasteiger partial charge on any atom is -0.266 e. The summed E-state index contributed by atoms with van der Waals surface area (Å²) >= 11 is 6.26. The molecule has 2 rings (SSSR count). The highest BCUT2D eigenvalue weighted by molar-refractivity contribution is 7.87. The Morgan fingerprint density at radius 1 is 0.710 bits per heavy atom. The maximum absolute atomic E-state index is 13.0. The van der Waals surface area contributed by atoms with Crippen molar-refractivity contribution >= 4 is 31.8 Å². The molecule has 0 bridgehead atoms. The van der Waals surface area contributed by atoms with Crippen LogP contribution in [0.1, 0.15) is 41.5 Å². The van der Waals surface area contributed by atoms with Crippen molar-refractivity contribution in [1.29, 1.82) is 0 Å². The molecular weight excluding hydrogens is 460 g/mol. The quantitative estimate of drug-likeness (QED) is 0.477. The Kier molecular flexibility index (Phi) is 7.65. The molecule has 0 radical (unpaired) electrons. The third-order valence-corrected chi connectivity index (χ3v) is 7.08. The van der Waals surface area contributed by atoms with Crippen LogP contribution < -0.4 is 0 Å². The molecule has 0 amide bonds. The molecule has 31 heavy (non-hydrogen) atoms. The van der Waals surface area contributed by atoms with E-state index in [4.69, 9.17) is 20.0 Å². The molecule has 2 aromatic carbocycles. The van der Waals surface area contributed by atoms with Gasteiger partial charge < -0.3 is 0 Å². The van der Waals surface area contributed by atoms with Crippen LogP contribution >= 0.6 is 11.6 Å². The van der Waals surface area contributed by atoms with E-state index < -0.39 is 25.7 Å². The number of benzene rings is 2. The highest BCUT2D eigenvalue weighted by Gasteiger charge is 2.30. The number of rotatable bonds is 7. The van der Waals surface area contributed by atoms with Crippen molar-refractivity contribution in [1.82, 2.24) is 0 Å². The zero-order valence-electron chi connectivity index (χ0n) is 18.6. The molecule has 0 unspecified atom stereocenters. The average Bonchev–Trinajstić information content (AvgIpc) is 2.64. The second-order valence-electron chi connectivity index (χ2n) is 9.67. The lowest BCUT2D eigenvalue weighted by Crippen LogP contribution is -2.20. The Morgan fingerprint density at radius 3 is 1.74 bits per heavy atom. The molecule has 0 spiro atoms. The Bertz CT molecular complexity index is 1140. The number of halogens is 1. The van der Waals surface area contributed by atoms with Gasteiger partial charge in [-0.2, -0.15) is 16.8 Å². The molecule has 0 aliphatic carbocycles. The predicted octanol–water partition coefficient (Wildman–Crippen LogP) is 5.51. The topological polar surface area (TPSA) is 86.7 Å². The van der Waals surface area contributed by atoms with Crippen molar-refractivity contribution in [3.63, 3.8) is 0 Å². The van der Waals surface area contributed by atoms with Gasteiger partial charge in [-0.3, -0.25) is 8.37 Å². The molecule has 0 aliphatic heterocycles. The van der Waals surface area contributed by atoms with E-state index >= 15 is 0 Å². The minimum absolute atomic E-state index is 0.0287. The van der Waals surface area contributed by atoms with E-state index in [2.05, 4.69) is 0 Å². The van der Waals surface area contributed by atoms with E-state index in [1.165, 1.54) is 24.3 Å². The van der Waals surface area contributed by atoms with Gasteiger partial charge in [0.2, 0.25) is 0 Å². The first-order valence-electron chi connectivity index (χ1n) is 9.70. The molecule has 0 saturated carbocycles. The van der Waals surface area contributed by atoms with Crippen LogP contribution in [0.15, 0.2) is 52.3 Å². The van der Waals surface area contributed by atoms with Gasteiger partial charge in [0.1, 0.15) is 9.79 Å². The largest absolute Gasteiger partial charge is 0.299 e. The lowest BCUT2D eigenvalue weighted by Gasteiger charge is -2.20. The summed E-state index contributed by atoms with van der Waals surface area (Å²) in [5.41, 5.74) is -0.499. The Balaban J connectivity index is 2.64. The van der Waals surface area contributed by atoms with E-state index in [1.807, 2.05) is 41.5 Å². The summed E-state index contributed by atoms with van der Waals surface area (Å²) in [6.07, 6.45) is 0. The van der Waals surface area contributed by atoms with Gasteiger partial charge in [0.25, 0.3) is 20.2 Å². The lowest BCUT2D eigenvalue weighted by atomic mass is 9.99. The van der Waals surface area contributed by atoms with Gasteiger partial charge in [0, 0.05) is 11.1 Å². The standard InChI is InChI=1S/C22H29ClO6S2/c1-21(2,3)14-28-30(24,25)19-13-8-7-10-16(19)17-11-9-12-18(23)20(17)31(26,27)29-15-22(4,5)6/h7-13H,14-15H2,1-6H3. The van der Waals surface area contributed by atoms with Crippen LogP contribution in [0.3, 0.4) is 0 Å². The van der Waals surface area contributed by atoms with Gasteiger partial charge in [-0.15, -0.1) is 0 Å². The minimum atomic E-state index is -4.27. The van der Waals surface area contributed by atoms with Crippen molar-refractivity contribution in [3.8, 4) is 11.1 Å². The monoisotopic (exact) mass is 488 g/mol. The average molecular weight is 489 g/mol. The molecule has 9 heteroatoms. The normalized spacial score (nSPS) is 13.4. The Hall–Kier alpha value is -1.45. The summed E-state index contributed by atoms with van der Waals surface area (Å²) in [5.74, 6) is 0. The fourth-order valence-electron chi connectivity index (χ4n) is 2.51. The molecule has 0 heterocycles. The van der Waals surface area contributed by atoms with Gasteiger partial charge in [0.05, 0.1) is 18.2 Å². The first-order valence-corrected chi connectivity index (χ1v) is 12.9. The first kappa shape index (κ1) is 25.8. The highest BCUT2D eigenvalue weighted by atomic mass is 35.5. The highest BCUT2D eigenvalue weighted by Crippen LogP contribution is 2.38. The van der Waals surface area contributed by atoms with Crippen molar-refractivity contribution in [3.05, 3.63) is 47.5 Å². The van der Waals surface area contributed by atoms with Crippen LogP contribution in [-0.4, -0.2) is 30.0 Å². The smallest absolute Gasteiger partial charge is 0.266 e. The van der Waals surface area contributed by atoms with Crippen LogP contribution in [0.5, 0.6) is 0 Å². The molecular formula is C22H29ClO6S2. The van der Waals surface area contributed by atoms with E-state index in [-0.39, 0.29) is 44.6 Å². The zero-order chi connectivity index (χ0) is 23.7. The second kappa shape index (κ2) is 9.19. The summed E-state index contributed by atoms with van der Waals surface area (Å²) in [5, 5.41) is -0.0609. The molecule has 0 atom stereocenters. The van der Waals surface area contributed by atoms with Gasteiger partial charge in [-0.1, -0.05) is 83.5 Å². The summed E-state index contributed by atoms with van der Waals surface area (Å²) in [6, 6.07) is 10.5. The first-order chi connectivity index (χ1) is 14.0. The number of hydrogen-bond acceptors (Lipinski definition) is 6. The van der Waals surface area contributed by atoms with Crippen molar-refractivity contribution < 1.29 is 25.2 Å². The van der Waals surface area contributed by atoms with E-state index in [9.17, 15) is 16.8 Å². The third-order valence-electron chi connectivity index (χ3n) is 3.96. The van der Waals surface area contributed by atoms with Crippen LogP contribution in [0.25, 0.3) is 11.1 Å². The zero-order valence-corrected chi connectivity index (χ0v) is 21.0. The van der Waals surface area contributed by atoms with Crippen molar-refractivity contribution in [2.75, 3.05) is 13.2 Å².